The highest BCUT2D eigenvalue weighted by Crippen LogP contribution is 2.23. The van der Waals surface area contributed by atoms with Crippen LogP contribution in [0.15, 0.2) is 18.2 Å². The molecule has 1 atom stereocenters. The molecule has 0 spiro atoms. The van der Waals surface area contributed by atoms with Crippen LogP contribution in [0.4, 0.5) is 10.1 Å². The number of hydrogen-bond acceptors (Lipinski definition) is 4. The molecule has 0 amide bonds. The number of anilines is 1. The third-order valence-electron chi connectivity index (χ3n) is 3.15. The zero-order valence-corrected chi connectivity index (χ0v) is 11.5. The smallest absolute Gasteiger partial charge is 0.167 e. The summed E-state index contributed by atoms with van der Waals surface area (Å²) in [5.41, 5.74) is 0.841. The molecule has 0 aromatic heterocycles. The Bertz CT molecular complexity index is 408. The van der Waals surface area contributed by atoms with Crippen LogP contribution in [0.25, 0.3) is 0 Å². The Hall–Kier alpha value is -1.33. The molecule has 1 aromatic carbocycles. The van der Waals surface area contributed by atoms with Gasteiger partial charge in [0.2, 0.25) is 0 Å². The van der Waals surface area contributed by atoms with Crippen LogP contribution >= 0.6 is 0 Å². The first-order valence-corrected chi connectivity index (χ1v) is 6.65. The van der Waals surface area contributed by atoms with E-state index in [0.717, 1.165) is 25.4 Å². The predicted molar refractivity (Wildman–Crippen MR) is 73.4 cm³/mol. The van der Waals surface area contributed by atoms with E-state index in [-0.39, 0.29) is 11.9 Å². The maximum absolute atomic E-state index is 13.8. The summed E-state index contributed by atoms with van der Waals surface area (Å²) in [5.74, 6) is -0.0159. The highest BCUT2D eigenvalue weighted by atomic mass is 19.1. The molecule has 5 heteroatoms. The highest BCUT2D eigenvalue weighted by molar-refractivity contribution is 5.49. The number of benzene rings is 1. The average Bonchev–Trinajstić information content (AvgIpc) is 2.42. The molecule has 4 nitrogen and oxygen atoms in total. The molecule has 1 heterocycles. The third-order valence-corrected chi connectivity index (χ3v) is 3.15. The molecule has 1 N–H and O–H groups in total. The van der Waals surface area contributed by atoms with E-state index in [9.17, 15) is 4.39 Å². The van der Waals surface area contributed by atoms with Gasteiger partial charge in [-0.05, 0) is 19.1 Å². The molecular weight excluding hydrogens is 247 g/mol. The van der Waals surface area contributed by atoms with Crippen LogP contribution in [-0.4, -0.2) is 46.0 Å². The lowest BCUT2D eigenvalue weighted by Gasteiger charge is -2.29. The summed E-state index contributed by atoms with van der Waals surface area (Å²) in [4.78, 5) is 2.02. The number of ether oxygens (including phenoxy) is 2. The number of hydrogen-bond donors (Lipinski definition) is 1. The molecule has 1 unspecified atom stereocenters. The van der Waals surface area contributed by atoms with Gasteiger partial charge in [-0.3, -0.25) is 0 Å². The first-order valence-electron chi connectivity index (χ1n) is 6.65. The largest absolute Gasteiger partial charge is 0.491 e. The summed E-state index contributed by atoms with van der Waals surface area (Å²) in [6, 6.07) is 5.34. The monoisotopic (exact) mass is 268 g/mol. The van der Waals surface area contributed by atoms with Gasteiger partial charge in [-0.2, -0.15) is 0 Å². The molecule has 0 bridgehead atoms. The average molecular weight is 268 g/mol. The summed E-state index contributed by atoms with van der Waals surface area (Å²) in [6.45, 7) is 5.43. The predicted octanol–water partition coefficient (Wildman–Crippen LogP) is 1.65. The van der Waals surface area contributed by atoms with Gasteiger partial charge in [0.15, 0.2) is 11.6 Å². The van der Waals surface area contributed by atoms with E-state index < -0.39 is 0 Å². The van der Waals surface area contributed by atoms with E-state index in [1.54, 1.807) is 6.07 Å². The van der Waals surface area contributed by atoms with Crippen LogP contribution < -0.4 is 15.0 Å². The van der Waals surface area contributed by atoms with Gasteiger partial charge in [-0.25, -0.2) is 4.39 Å². The summed E-state index contributed by atoms with van der Waals surface area (Å²) in [7, 11) is 1.95. The van der Waals surface area contributed by atoms with E-state index in [1.165, 1.54) is 6.07 Å². The summed E-state index contributed by atoms with van der Waals surface area (Å²) in [5, 5.41) is 3.38. The lowest BCUT2D eigenvalue weighted by molar-refractivity contribution is 0.0791. The third kappa shape index (κ3) is 3.81. The van der Waals surface area contributed by atoms with Crippen molar-refractivity contribution in [2.24, 2.45) is 0 Å². The van der Waals surface area contributed by atoms with E-state index >= 15 is 0 Å². The maximum atomic E-state index is 13.8. The molecule has 106 valence electrons. The van der Waals surface area contributed by atoms with Crippen LogP contribution in [0.3, 0.4) is 0 Å². The Balaban J connectivity index is 1.98. The number of nitrogens with zero attached hydrogens (tertiary/aromatic N) is 1. The first-order chi connectivity index (χ1) is 9.20. The minimum absolute atomic E-state index is 0.286. The number of morpholine rings is 1. The number of rotatable bonds is 5. The summed E-state index contributed by atoms with van der Waals surface area (Å²) < 4.78 is 24.4. The summed E-state index contributed by atoms with van der Waals surface area (Å²) >= 11 is 0. The van der Waals surface area contributed by atoms with E-state index in [1.807, 2.05) is 24.9 Å². The maximum Gasteiger partial charge on any atom is 0.167 e. The Morgan fingerprint density at radius 1 is 1.53 bits per heavy atom. The second-order valence-corrected chi connectivity index (χ2v) is 4.65. The van der Waals surface area contributed by atoms with Gasteiger partial charge in [0.1, 0.15) is 0 Å². The molecular formula is C14H21FN2O2. The molecule has 1 aromatic rings. The van der Waals surface area contributed by atoms with E-state index in [2.05, 4.69) is 5.32 Å². The van der Waals surface area contributed by atoms with Crippen molar-refractivity contribution >= 4 is 5.69 Å². The number of nitrogens with one attached hydrogen (secondary N) is 1. The minimum Gasteiger partial charge on any atom is -0.491 e. The lowest BCUT2D eigenvalue weighted by Crippen LogP contribution is -2.47. The Morgan fingerprint density at radius 3 is 3.00 bits per heavy atom. The van der Waals surface area contributed by atoms with Crippen molar-refractivity contribution in [1.29, 1.82) is 0 Å². The second kappa shape index (κ2) is 6.73. The van der Waals surface area contributed by atoms with Crippen molar-refractivity contribution in [3.63, 3.8) is 0 Å². The van der Waals surface area contributed by atoms with Crippen molar-refractivity contribution in [2.45, 2.75) is 13.0 Å². The SMILES string of the molecule is CCOc1ccc(N(C)CC2COCCN2)cc1F. The van der Waals surface area contributed by atoms with E-state index in [4.69, 9.17) is 9.47 Å². The first kappa shape index (κ1) is 14.1. The van der Waals surface area contributed by atoms with Crippen molar-refractivity contribution in [3.05, 3.63) is 24.0 Å². The minimum atomic E-state index is -0.320. The zero-order chi connectivity index (χ0) is 13.7. The lowest BCUT2D eigenvalue weighted by atomic mass is 10.2. The molecule has 1 fully saturated rings. The van der Waals surface area contributed by atoms with Crippen LogP contribution in [0, 0.1) is 5.82 Å². The van der Waals surface area contributed by atoms with Crippen LogP contribution in [0.2, 0.25) is 0 Å². The molecule has 19 heavy (non-hydrogen) atoms. The van der Waals surface area contributed by atoms with Crippen molar-refractivity contribution in [2.75, 3.05) is 44.9 Å². The Kier molecular flexibility index (Phi) is 4.99. The highest BCUT2D eigenvalue weighted by Gasteiger charge is 2.16. The normalized spacial score (nSPS) is 19.2. The fraction of sp³-hybridized carbons (Fsp3) is 0.571. The van der Waals surface area contributed by atoms with Crippen molar-refractivity contribution in [3.8, 4) is 5.75 Å². The number of likely N-dealkylation sites (N-methyl/N-ethyl adjacent to an activating group) is 1. The van der Waals surface area contributed by atoms with Gasteiger partial charge >= 0.3 is 0 Å². The Labute approximate surface area is 113 Å². The van der Waals surface area contributed by atoms with Crippen molar-refractivity contribution < 1.29 is 13.9 Å². The van der Waals surface area contributed by atoms with Gasteiger partial charge in [0.05, 0.1) is 19.8 Å². The molecule has 1 aliphatic heterocycles. The zero-order valence-electron chi connectivity index (χ0n) is 11.5. The van der Waals surface area contributed by atoms with Gasteiger partial charge < -0.3 is 19.7 Å². The van der Waals surface area contributed by atoms with E-state index in [0.29, 0.717) is 19.0 Å². The molecule has 1 saturated heterocycles. The van der Waals surface area contributed by atoms with Gasteiger partial charge in [0.25, 0.3) is 0 Å². The van der Waals surface area contributed by atoms with Crippen LogP contribution in [0.5, 0.6) is 5.75 Å². The molecule has 0 radical (unpaired) electrons. The molecule has 2 rings (SSSR count). The standard InChI is InChI=1S/C14H21FN2O2/c1-3-19-14-5-4-12(8-13(14)15)17(2)9-11-10-18-7-6-16-11/h4-5,8,11,16H,3,6-7,9-10H2,1-2H3. The second-order valence-electron chi connectivity index (χ2n) is 4.65. The van der Waals surface area contributed by atoms with Gasteiger partial charge in [-0.1, -0.05) is 0 Å². The van der Waals surface area contributed by atoms with Gasteiger partial charge in [-0.15, -0.1) is 0 Å². The van der Waals surface area contributed by atoms with Crippen molar-refractivity contribution in [1.82, 2.24) is 5.32 Å². The Morgan fingerprint density at radius 2 is 2.37 bits per heavy atom. The molecule has 0 saturated carbocycles. The van der Waals surface area contributed by atoms with Crippen LogP contribution in [-0.2, 0) is 4.74 Å². The topological polar surface area (TPSA) is 33.7 Å². The van der Waals surface area contributed by atoms with Crippen LogP contribution in [0.1, 0.15) is 6.92 Å². The quantitative estimate of drug-likeness (QED) is 0.880. The summed E-state index contributed by atoms with van der Waals surface area (Å²) in [6.07, 6.45) is 0. The van der Waals surface area contributed by atoms with Gasteiger partial charge in [0, 0.05) is 37.9 Å². The molecule has 0 aliphatic carbocycles. The fourth-order valence-corrected chi connectivity index (χ4v) is 2.17. The fourth-order valence-electron chi connectivity index (χ4n) is 2.17. The number of halogens is 1. The molecule has 1 aliphatic rings.